The molecule has 0 fully saturated rings. The lowest BCUT2D eigenvalue weighted by atomic mass is 10.1. The molecular formula is C15H12Cl2N2S. The van der Waals surface area contributed by atoms with Crippen molar-refractivity contribution in [1.29, 1.82) is 0 Å². The van der Waals surface area contributed by atoms with E-state index in [1.165, 1.54) is 4.70 Å². The first-order chi connectivity index (χ1) is 9.61. The third-order valence-electron chi connectivity index (χ3n) is 3.05. The summed E-state index contributed by atoms with van der Waals surface area (Å²) in [5.74, 6) is 0. The van der Waals surface area contributed by atoms with Crippen LogP contribution < -0.4 is 5.73 Å². The van der Waals surface area contributed by atoms with Crippen LogP contribution in [0.1, 0.15) is 16.6 Å². The van der Waals surface area contributed by atoms with Crippen molar-refractivity contribution in [3.63, 3.8) is 0 Å². The zero-order chi connectivity index (χ0) is 14.1. The zero-order valence-corrected chi connectivity index (χ0v) is 12.8. The van der Waals surface area contributed by atoms with Gasteiger partial charge in [-0.2, -0.15) is 0 Å². The molecule has 1 unspecified atom stereocenters. The minimum Gasteiger partial charge on any atom is -0.324 e. The highest BCUT2D eigenvalue weighted by atomic mass is 35.5. The maximum Gasteiger partial charge on any atom is 0.0957 e. The Bertz CT molecular complexity index is 701. The van der Waals surface area contributed by atoms with Gasteiger partial charge in [0.05, 0.1) is 15.2 Å². The summed E-state index contributed by atoms with van der Waals surface area (Å²) in [6.07, 6.45) is 0.677. The molecule has 3 aromatic rings. The average Bonchev–Trinajstić information content (AvgIpc) is 2.79. The van der Waals surface area contributed by atoms with Crippen molar-refractivity contribution in [1.82, 2.24) is 4.98 Å². The molecule has 2 nitrogen and oxygen atoms in total. The van der Waals surface area contributed by atoms with Crippen LogP contribution in [0.4, 0.5) is 0 Å². The molecule has 0 aliphatic rings. The van der Waals surface area contributed by atoms with Gasteiger partial charge >= 0.3 is 0 Å². The van der Waals surface area contributed by atoms with Gasteiger partial charge in [0.1, 0.15) is 0 Å². The predicted molar refractivity (Wildman–Crippen MR) is 86.7 cm³/mol. The van der Waals surface area contributed by atoms with Crippen molar-refractivity contribution in [2.75, 3.05) is 0 Å². The van der Waals surface area contributed by atoms with E-state index >= 15 is 0 Å². The third kappa shape index (κ3) is 2.96. The maximum atomic E-state index is 6.24. The minimum atomic E-state index is -0.160. The van der Waals surface area contributed by atoms with Gasteiger partial charge in [0.2, 0.25) is 0 Å². The number of aromatic nitrogens is 1. The topological polar surface area (TPSA) is 38.9 Å². The van der Waals surface area contributed by atoms with E-state index in [1.807, 2.05) is 30.3 Å². The van der Waals surface area contributed by atoms with Crippen LogP contribution in [-0.4, -0.2) is 4.98 Å². The van der Waals surface area contributed by atoms with Crippen molar-refractivity contribution in [2.24, 2.45) is 5.73 Å². The molecule has 102 valence electrons. The molecule has 1 heterocycles. The molecule has 1 atom stereocenters. The Labute approximate surface area is 131 Å². The van der Waals surface area contributed by atoms with Gasteiger partial charge in [-0.05, 0) is 35.9 Å². The SMILES string of the molecule is NC(Cc1nc2ccccc2s1)c1cc(Cl)cc(Cl)c1. The summed E-state index contributed by atoms with van der Waals surface area (Å²) in [7, 11) is 0. The summed E-state index contributed by atoms with van der Waals surface area (Å²) in [4.78, 5) is 4.60. The second kappa shape index (κ2) is 5.70. The minimum absolute atomic E-state index is 0.160. The van der Waals surface area contributed by atoms with Crippen molar-refractivity contribution in [3.8, 4) is 0 Å². The number of hydrogen-bond donors (Lipinski definition) is 1. The van der Waals surface area contributed by atoms with Gasteiger partial charge in [0.15, 0.2) is 0 Å². The van der Waals surface area contributed by atoms with E-state index < -0.39 is 0 Å². The molecular weight excluding hydrogens is 311 g/mol. The Morgan fingerprint density at radius 1 is 1.10 bits per heavy atom. The van der Waals surface area contributed by atoms with E-state index in [9.17, 15) is 0 Å². The van der Waals surface area contributed by atoms with Crippen molar-refractivity contribution in [2.45, 2.75) is 12.5 Å². The highest BCUT2D eigenvalue weighted by molar-refractivity contribution is 7.18. The number of benzene rings is 2. The van der Waals surface area contributed by atoms with Crippen LogP contribution in [-0.2, 0) is 6.42 Å². The number of hydrogen-bond acceptors (Lipinski definition) is 3. The van der Waals surface area contributed by atoms with E-state index in [4.69, 9.17) is 28.9 Å². The molecule has 0 spiro atoms. The number of rotatable bonds is 3. The van der Waals surface area contributed by atoms with Crippen LogP contribution in [0.15, 0.2) is 42.5 Å². The van der Waals surface area contributed by atoms with Crippen LogP contribution in [0.25, 0.3) is 10.2 Å². The van der Waals surface area contributed by atoms with Crippen molar-refractivity contribution in [3.05, 3.63) is 63.1 Å². The lowest BCUT2D eigenvalue weighted by Crippen LogP contribution is -2.13. The Morgan fingerprint density at radius 3 is 2.50 bits per heavy atom. The number of thiazole rings is 1. The quantitative estimate of drug-likeness (QED) is 0.748. The highest BCUT2D eigenvalue weighted by Gasteiger charge is 2.12. The van der Waals surface area contributed by atoms with E-state index in [1.54, 1.807) is 17.4 Å². The fourth-order valence-corrected chi connectivity index (χ4v) is 3.67. The molecule has 0 amide bonds. The summed E-state index contributed by atoms with van der Waals surface area (Å²) in [5.41, 5.74) is 8.19. The molecule has 1 aromatic heterocycles. The molecule has 0 saturated carbocycles. The maximum absolute atomic E-state index is 6.24. The second-order valence-corrected chi connectivity index (χ2v) is 6.58. The first-order valence-electron chi connectivity index (χ1n) is 6.18. The van der Waals surface area contributed by atoms with Gasteiger partial charge < -0.3 is 5.73 Å². The highest BCUT2D eigenvalue weighted by Crippen LogP contribution is 2.27. The van der Waals surface area contributed by atoms with Crippen molar-refractivity contribution < 1.29 is 0 Å². The Kier molecular flexibility index (Phi) is 3.94. The molecule has 2 N–H and O–H groups in total. The fraction of sp³-hybridized carbons (Fsp3) is 0.133. The first-order valence-corrected chi connectivity index (χ1v) is 7.75. The molecule has 5 heteroatoms. The standard InChI is InChI=1S/C15H12Cl2N2S/c16-10-5-9(6-11(17)7-10)12(18)8-15-19-13-3-1-2-4-14(13)20-15/h1-7,12H,8,18H2. The van der Waals surface area contributed by atoms with Crippen LogP contribution in [0.3, 0.4) is 0 Å². The van der Waals surface area contributed by atoms with Gasteiger partial charge in [-0.3, -0.25) is 0 Å². The second-order valence-electron chi connectivity index (χ2n) is 4.59. The predicted octanol–water partition coefficient (Wildman–Crippen LogP) is 4.85. The lowest BCUT2D eigenvalue weighted by Gasteiger charge is -2.11. The molecule has 0 aliphatic heterocycles. The Hall–Kier alpha value is -1.13. The molecule has 0 bridgehead atoms. The smallest absolute Gasteiger partial charge is 0.0957 e. The zero-order valence-electron chi connectivity index (χ0n) is 10.5. The number of nitrogens with zero attached hydrogens (tertiary/aromatic N) is 1. The van der Waals surface area contributed by atoms with Gasteiger partial charge in [0.25, 0.3) is 0 Å². The van der Waals surface area contributed by atoms with Gasteiger partial charge in [-0.25, -0.2) is 4.98 Å². The van der Waals surface area contributed by atoms with Crippen LogP contribution in [0.5, 0.6) is 0 Å². The van der Waals surface area contributed by atoms with Gasteiger partial charge in [-0.15, -0.1) is 11.3 Å². The third-order valence-corrected chi connectivity index (χ3v) is 4.54. The van der Waals surface area contributed by atoms with Crippen LogP contribution in [0.2, 0.25) is 10.0 Å². The van der Waals surface area contributed by atoms with Crippen LogP contribution >= 0.6 is 34.5 Å². The number of nitrogens with two attached hydrogens (primary N) is 1. The molecule has 3 rings (SSSR count). The van der Waals surface area contributed by atoms with Gasteiger partial charge in [-0.1, -0.05) is 35.3 Å². The van der Waals surface area contributed by atoms with E-state index in [0.29, 0.717) is 16.5 Å². The lowest BCUT2D eigenvalue weighted by molar-refractivity contribution is 0.719. The normalized spacial score (nSPS) is 12.8. The van der Waals surface area contributed by atoms with Gasteiger partial charge in [0, 0.05) is 22.5 Å². The summed E-state index contributed by atoms with van der Waals surface area (Å²) in [6, 6.07) is 13.3. The Morgan fingerprint density at radius 2 is 1.80 bits per heavy atom. The van der Waals surface area contributed by atoms with E-state index in [0.717, 1.165) is 16.1 Å². The summed E-state index contributed by atoms with van der Waals surface area (Å²) < 4.78 is 1.18. The monoisotopic (exact) mass is 322 g/mol. The molecule has 2 aromatic carbocycles. The molecule has 0 radical (unpaired) electrons. The summed E-state index contributed by atoms with van der Waals surface area (Å²) in [5, 5.41) is 2.23. The largest absolute Gasteiger partial charge is 0.324 e. The molecule has 20 heavy (non-hydrogen) atoms. The van der Waals surface area contributed by atoms with E-state index in [-0.39, 0.29) is 6.04 Å². The fourth-order valence-electron chi connectivity index (χ4n) is 2.10. The van der Waals surface area contributed by atoms with Crippen molar-refractivity contribution >= 4 is 44.8 Å². The first kappa shape index (κ1) is 13.8. The van der Waals surface area contributed by atoms with E-state index in [2.05, 4.69) is 11.1 Å². The molecule has 0 aliphatic carbocycles. The number of fused-ring (bicyclic) bond motifs is 1. The summed E-state index contributed by atoms with van der Waals surface area (Å²) >= 11 is 13.7. The number of halogens is 2. The Balaban J connectivity index is 1.86. The summed E-state index contributed by atoms with van der Waals surface area (Å²) in [6.45, 7) is 0. The molecule has 0 saturated heterocycles. The van der Waals surface area contributed by atoms with Crippen LogP contribution in [0, 0.1) is 0 Å². The average molecular weight is 323 g/mol. The number of para-hydroxylation sites is 1.